The monoisotopic (exact) mass is 407 g/mol. The Morgan fingerprint density at radius 1 is 1.22 bits per heavy atom. The highest BCUT2D eigenvalue weighted by Gasteiger charge is 2.21. The summed E-state index contributed by atoms with van der Waals surface area (Å²) in [5, 5.41) is 0.566. The van der Waals surface area contributed by atoms with Crippen molar-refractivity contribution in [3.8, 4) is 0 Å². The van der Waals surface area contributed by atoms with Crippen LogP contribution in [-0.2, 0) is 13.6 Å². The quantitative estimate of drug-likeness (QED) is 0.573. The van der Waals surface area contributed by atoms with E-state index in [1.165, 1.54) is 18.2 Å². The number of halogens is 3. The van der Waals surface area contributed by atoms with Gasteiger partial charge in [0.2, 0.25) is 0 Å². The van der Waals surface area contributed by atoms with Gasteiger partial charge in [0.25, 0.3) is 5.91 Å². The summed E-state index contributed by atoms with van der Waals surface area (Å²) in [4.78, 5) is 19.4. The van der Waals surface area contributed by atoms with Gasteiger partial charge in [-0.3, -0.25) is 4.79 Å². The summed E-state index contributed by atoms with van der Waals surface area (Å²) in [6.07, 6.45) is 0. The highest BCUT2D eigenvalue weighted by molar-refractivity contribution is 6.31. The van der Waals surface area contributed by atoms with E-state index in [4.69, 9.17) is 23.2 Å². The van der Waals surface area contributed by atoms with E-state index in [1.54, 1.807) is 11.0 Å². The molecule has 0 N–H and O–H groups in total. The van der Waals surface area contributed by atoms with E-state index >= 15 is 0 Å². The molecule has 0 bridgehead atoms. The number of carbonyl (C=O) groups excluding carboxylic acids is 1. The molecule has 0 unspecified atom stereocenters. The lowest BCUT2D eigenvalue weighted by Crippen LogP contribution is -2.34. The van der Waals surface area contributed by atoms with Gasteiger partial charge in [0.15, 0.2) is 0 Å². The first kappa shape index (κ1) is 19.6. The second kappa shape index (κ2) is 7.87. The van der Waals surface area contributed by atoms with Gasteiger partial charge in [0.05, 0.1) is 22.6 Å². The molecule has 0 aliphatic carbocycles. The number of aromatic nitrogens is 2. The predicted octanol–water partition coefficient (Wildman–Crippen LogP) is 5.32. The van der Waals surface area contributed by atoms with Gasteiger partial charge >= 0.3 is 0 Å². The van der Waals surface area contributed by atoms with Crippen molar-refractivity contribution < 1.29 is 9.18 Å². The fourth-order valence-corrected chi connectivity index (χ4v) is 3.34. The number of fused-ring (bicyclic) bond motifs is 1. The molecule has 0 aliphatic heterocycles. The van der Waals surface area contributed by atoms with Crippen molar-refractivity contribution in [1.82, 2.24) is 14.5 Å². The molecule has 3 rings (SSSR count). The first-order valence-corrected chi connectivity index (χ1v) is 9.37. The molecule has 1 amide bonds. The van der Waals surface area contributed by atoms with Crippen LogP contribution in [0.15, 0.2) is 36.4 Å². The van der Waals surface area contributed by atoms with E-state index in [2.05, 4.69) is 4.98 Å². The number of nitrogens with zero attached hydrogens (tertiary/aromatic N) is 3. The molecule has 4 nitrogen and oxygen atoms in total. The minimum absolute atomic E-state index is 0.0669. The van der Waals surface area contributed by atoms with E-state index < -0.39 is 5.82 Å². The van der Waals surface area contributed by atoms with Crippen LogP contribution in [0.1, 0.15) is 30.0 Å². The first-order chi connectivity index (χ1) is 12.8. The number of imidazole rings is 1. The third-order valence-electron chi connectivity index (χ3n) is 4.31. The standard InChI is InChI=1S/C20H20Cl2FN3O/c1-12(2)10-26(20(27)13-4-6-16(23)15(22)8-13)11-19-24-17-7-5-14(21)9-18(17)25(19)3/h4-9,12H,10-11H2,1-3H3. The molecule has 1 heterocycles. The molecule has 27 heavy (non-hydrogen) atoms. The SMILES string of the molecule is CC(C)CN(Cc1nc2ccc(Cl)cc2n1C)C(=O)c1ccc(F)c(Cl)c1. The number of hydrogen-bond donors (Lipinski definition) is 0. The van der Waals surface area contributed by atoms with Crippen molar-refractivity contribution in [2.75, 3.05) is 6.54 Å². The average molecular weight is 408 g/mol. The summed E-state index contributed by atoms with van der Waals surface area (Å²) in [6, 6.07) is 9.52. The molecular weight excluding hydrogens is 388 g/mol. The number of amides is 1. The zero-order chi connectivity index (χ0) is 19.7. The fraction of sp³-hybridized carbons (Fsp3) is 0.300. The van der Waals surface area contributed by atoms with Crippen LogP contribution in [0.2, 0.25) is 10.0 Å². The maximum Gasteiger partial charge on any atom is 0.254 e. The molecule has 0 atom stereocenters. The summed E-state index contributed by atoms with van der Waals surface area (Å²) >= 11 is 11.9. The van der Waals surface area contributed by atoms with Gasteiger partial charge in [0, 0.05) is 24.2 Å². The largest absolute Gasteiger partial charge is 0.331 e. The van der Waals surface area contributed by atoms with E-state index in [9.17, 15) is 9.18 Å². The highest BCUT2D eigenvalue weighted by atomic mass is 35.5. The second-order valence-corrected chi connectivity index (χ2v) is 7.77. The Morgan fingerprint density at radius 2 is 1.96 bits per heavy atom. The first-order valence-electron chi connectivity index (χ1n) is 8.61. The molecule has 7 heteroatoms. The normalized spacial score (nSPS) is 11.4. The Labute approximate surface area is 167 Å². The predicted molar refractivity (Wildman–Crippen MR) is 107 cm³/mol. The van der Waals surface area contributed by atoms with Gasteiger partial charge < -0.3 is 9.47 Å². The van der Waals surface area contributed by atoms with Crippen LogP contribution in [0, 0.1) is 11.7 Å². The number of hydrogen-bond acceptors (Lipinski definition) is 2. The maximum absolute atomic E-state index is 13.4. The molecule has 0 saturated carbocycles. The zero-order valence-electron chi connectivity index (χ0n) is 15.3. The van der Waals surface area contributed by atoms with Gasteiger partial charge in [-0.1, -0.05) is 37.0 Å². The van der Waals surface area contributed by atoms with E-state index in [0.717, 1.165) is 16.9 Å². The van der Waals surface area contributed by atoms with Crippen LogP contribution in [0.25, 0.3) is 11.0 Å². The van der Waals surface area contributed by atoms with Gasteiger partial charge in [-0.2, -0.15) is 0 Å². The number of carbonyl (C=O) groups is 1. The summed E-state index contributed by atoms with van der Waals surface area (Å²) in [5.41, 5.74) is 2.07. The Kier molecular flexibility index (Phi) is 5.72. The lowest BCUT2D eigenvalue weighted by Gasteiger charge is -2.24. The minimum atomic E-state index is -0.546. The molecule has 0 radical (unpaired) electrons. The van der Waals surface area contributed by atoms with Crippen molar-refractivity contribution in [1.29, 1.82) is 0 Å². The molecule has 2 aromatic carbocycles. The van der Waals surface area contributed by atoms with E-state index in [1.807, 2.05) is 37.6 Å². The molecule has 0 fully saturated rings. The molecule has 3 aromatic rings. The van der Waals surface area contributed by atoms with Crippen molar-refractivity contribution in [3.63, 3.8) is 0 Å². The summed E-state index contributed by atoms with van der Waals surface area (Å²) < 4.78 is 15.4. The molecule has 0 spiro atoms. The Balaban J connectivity index is 1.94. The third kappa shape index (κ3) is 4.25. The van der Waals surface area contributed by atoms with Crippen molar-refractivity contribution in [2.45, 2.75) is 20.4 Å². The Hall–Kier alpha value is -2.11. The van der Waals surface area contributed by atoms with Gasteiger partial charge in [0.1, 0.15) is 11.6 Å². The van der Waals surface area contributed by atoms with Crippen LogP contribution in [-0.4, -0.2) is 26.9 Å². The second-order valence-electron chi connectivity index (χ2n) is 6.93. The topological polar surface area (TPSA) is 38.1 Å². The number of rotatable bonds is 5. The van der Waals surface area contributed by atoms with Crippen molar-refractivity contribution >= 4 is 40.1 Å². The van der Waals surface area contributed by atoms with Crippen LogP contribution in [0.5, 0.6) is 0 Å². The number of aryl methyl sites for hydroxylation is 1. The molecule has 0 saturated heterocycles. The average Bonchev–Trinajstić information content (AvgIpc) is 2.91. The fourth-order valence-electron chi connectivity index (χ4n) is 3.00. The summed E-state index contributed by atoms with van der Waals surface area (Å²) in [7, 11) is 1.90. The highest BCUT2D eigenvalue weighted by Crippen LogP contribution is 2.22. The smallest absolute Gasteiger partial charge is 0.254 e. The number of benzene rings is 2. The van der Waals surface area contributed by atoms with Crippen molar-refractivity contribution in [3.05, 3.63) is 63.6 Å². The molecule has 1 aromatic heterocycles. The molecule has 142 valence electrons. The van der Waals surface area contributed by atoms with Gasteiger partial charge in [-0.05, 0) is 42.3 Å². The van der Waals surface area contributed by atoms with Gasteiger partial charge in [-0.25, -0.2) is 9.37 Å². The lowest BCUT2D eigenvalue weighted by atomic mass is 10.1. The Bertz CT molecular complexity index is 1000. The summed E-state index contributed by atoms with van der Waals surface area (Å²) in [5.74, 6) is 0.245. The van der Waals surface area contributed by atoms with Crippen LogP contribution in [0.3, 0.4) is 0 Å². The minimum Gasteiger partial charge on any atom is -0.331 e. The molecular formula is C20H20Cl2FN3O. The maximum atomic E-state index is 13.4. The lowest BCUT2D eigenvalue weighted by molar-refractivity contribution is 0.0716. The zero-order valence-corrected chi connectivity index (χ0v) is 16.9. The summed E-state index contributed by atoms with van der Waals surface area (Å²) in [6.45, 7) is 4.94. The third-order valence-corrected chi connectivity index (χ3v) is 4.83. The van der Waals surface area contributed by atoms with Crippen LogP contribution >= 0.6 is 23.2 Å². The van der Waals surface area contributed by atoms with Crippen molar-refractivity contribution in [2.24, 2.45) is 13.0 Å². The van der Waals surface area contributed by atoms with Gasteiger partial charge in [-0.15, -0.1) is 0 Å². The van der Waals surface area contributed by atoms with E-state index in [-0.39, 0.29) is 16.8 Å². The van der Waals surface area contributed by atoms with Crippen LogP contribution < -0.4 is 0 Å². The Morgan fingerprint density at radius 3 is 2.63 bits per heavy atom. The van der Waals surface area contributed by atoms with E-state index in [0.29, 0.717) is 23.7 Å². The van der Waals surface area contributed by atoms with Crippen LogP contribution in [0.4, 0.5) is 4.39 Å². The molecule has 0 aliphatic rings.